The number of rotatable bonds is 5. The minimum absolute atomic E-state index is 0.161. The molecule has 1 aromatic heterocycles. The van der Waals surface area contributed by atoms with Crippen LogP contribution in [0, 0.1) is 6.92 Å². The van der Waals surface area contributed by atoms with Crippen LogP contribution < -0.4 is 20.7 Å². The van der Waals surface area contributed by atoms with Gasteiger partial charge in [-0.1, -0.05) is 12.1 Å². The van der Waals surface area contributed by atoms with E-state index in [1.807, 2.05) is 13.0 Å². The molecule has 0 saturated carbocycles. The Bertz CT molecular complexity index is 1160. The lowest BCUT2D eigenvalue weighted by atomic mass is 10.2. The van der Waals surface area contributed by atoms with Crippen LogP contribution in [0.2, 0.25) is 0 Å². The number of hydrogen-bond acceptors (Lipinski definition) is 6. The molecule has 0 spiro atoms. The number of aryl methyl sites for hydroxylation is 1. The standard InChI is InChI=1S/C20H19N3O5/c1-12-5-4-6-13(9-12)23-19(25)15(18(24)22-20(23)26)11-21-16-10-14(27-2)7-8-17(16)28-3/h4-11,25H,1-3H3,(H,22,24,26). The van der Waals surface area contributed by atoms with E-state index in [9.17, 15) is 14.7 Å². The number of hydrogen-bond donors (Lipinski definition) is 2. The summed E-state index contributed by atoms with van der Waals surface area (Å²) in [5.74, 6) is 0.501. The lowest BCUT2D eigenvalue weighted by Gasteiger charge is -2.10. The first-order chi connectivity index (χ1) is 13.4. The number of H-pyrrole nitrogens is 1. The molecule has 0 unspecified atom stereocenters. The molecule has 1 heterocycles. The van der Waals surface area contributed by atoms with Crippen molar-refractivity contribution in [3.63, 3.8) is 0 Å². The van der Waals surface area contributed by atoms with Crippen LogP contribution in [-0.4, -0.2) is 35.1 Å². The van der Waals surface area contributed by atoms with Gasteiger partial charge in [-0.25, -0.2) is 9.36 Å². The number of nitrogens with one attached hydrogen (secondary N) is 1. The van der Waals surface area contributed by atoms with Gasteiger partial charge in [0, 0.05) is 12.3 Å². The Morgan fingerprint density at radius 1 is 1.11 bits per heavy atom. The van der Waals surface area contributed by atoms with E-state index < -0.39 is 17.1 Å². The van der Waals surface area contributed by atoms with Crippen LogP contribution in [0.4, 0.5) is 5.69 Å². The SMILES string of the molecule is COc1ccc(OC)c(N=Cc2c(O)n(-c3cccc(C)c3)c(=O)[nH]c2=O)c1. The van der Waals surface area contributed by atoms with Crippen molar-refractivity contribution >= 4 is 11.9 Å². The third kappa shape index (κ3) is 3.66. The fourth-order valence-corrected chi connectivity index (χ4v) is 2.69. The highest BCUT2D eigenvalue weighted by Gasteiger charge is 2.14. The predicted molar refractivity (Wildman–Crippen MR) is 106 cm³/mol. The van der Waals surface area contributed by atoms with Crippen LogP contribution in [0.3, 0.4) is 0 Å². The molecule has 0 radical (unpaired) electrons. The van der Waals surface area contributed by atoms with Crippen molar-refractivity contribution in [1.82, 2.24) is 9.55 Å². The summed E-state index contributed by atoms with van der Waals surface area (Å²) in [6, 6.07) is 12.0. The van der Waals surface area contributed by atoms with Gasteiger partial charge in [0.25, 0.3) is 5.56 Å². The van der Waals surface area contributed by atoms with Crippen LogP contribution in [-0.2, 0) is 0 Å². The summed E-state index contributed by atoms with van der Waals surface area (Å²) < 4.78 is 11.4. The minimum Gasteiger partial charge on any atom is -0.497 e. The van der Waals surface area contributed by atoms with Gasteiger partial charge < -0.3 is 14.6 Å². The van der Waals surface area contributed by atoms with Gasteiger partial charge in [0.1, 0.15) is 22.7 Å². The van der Waals surface area contributed by atoms with Crippen molar-refractivity contribution in [2.75, 3.05) is 14.2 Å². The van der Waals surface area contributed by atoms with Gasteiger partial charge in [-0.3, -0.25) is 14.8 Å². The van der Waals surface area contributed by atoms with E-state index >= 15 is 0 Å². The summed E-state index contributed by atoms with van der Waals surface area (Å²) in [5.41, 5.74) is 0.0554. The maximum atomic E-state index is 12.2. The normalized spacial score (nSPS) is 11.0. The molecule has 8 heteroatoms. The van der Waals surface area contributed by atoms with Gasteiger partial charge in [0.2, 0.25) is 5.88 Å². The Balaban J connectivity index is 2.14. The lowest BCUT2D eigenvalue weighted by molar-refractivity contribution is 0.404. The van der Waals surface area contributed by atoms with Crippen molar-refractivity contribution in [2.45, 2.75) is 6.92 Å². The summed E-state index contributed by atoms with van der Waals surface area (Å²) in [4.78, 5) is 30.9. The molecular weight excluding hydrogens is 362 g/mol. The van der Waals surface area contributed by atoms with Crippen LogP contribution in [0.25, 0.3) is 5.69 Å². The van der Waals surface area contributed by atoms with E-state index in [0.29, 0.717) is 22.9 Å². The maximum Gasteiger partial charge on any atom is 0.335 e. The number of aromatic amines is 1. The molecule has 0 aliphatic heterocycles. The first kappa shape index (κ1) is 19.0. The fourth-order valence-electron chi connectivity index (χ4n) is 2.69. The number of benzene rings is 2. The van der Waals surface area contributed by atoms with Crippen molar-refractivity contribution in [1.29, 1.82) is 0 Å². The van der Waals surface area contributed by atoms with E-state index in [1.54, 1.807) is 36.4 Å². The largest absolute Gasteiger partial charge is 0.497 e. The zero-order chi connectivity index (χ0) is 20.3. The van der Waals surface area contributed by atoms with Gasteiger partial charge in [-0.05, 0) is 36.8 Å². The third-order valence-corrected chi connectivity index (χ3v) is 4.10. The van der Waals surface area contributed by atoms with Gasteiger partial charge in [-0.2, -0.15) is 0 Å². The highest BCUT2D eigenvalue weighted by Crippen LogP contribution is 2.31. The van der Waals surface area contributed by atoms with E-state index in [0.717, 1.165) is 10.1 Å². The number of aromatic nitrogens is 2. The summed E-state index contributed by atoms with van der Waals surface area (Å²) in [6.45, 7) is 1.86. The second kappa shape index (κ2) is 7.83. The Labute approximate surface area is 160 Å². The number of nitrogens with zero attached hydrogens (tertiary/aromatic N) is 2. The zero-order valence-corrected chi connectivity index (χ0v) is 15.6. The summed E-state index contributed by atoms with van der Waals surface area (Å²) in [7, 11) is 3.01. The van der Waals surface area contributed by atoms with E-state index in [2.05, 4.69) is 9.98 Å². The highest BCUT2D eigenvalue weighted by molar-refractivity contribution is 5.85. The lowest BCUT2D eigenvalue weighted by Crippen LogP contribution is -2.31. The Kier molecular flexibility index (Phi) is 5.30. The molecule has 0 atom stereocenters. The van der Waals surface area contributed by atoms with Crippen LogP contribution >= 0.6 is 0 Å². The average molecular weight is 381 g/mol. The Morgan fingerprint density at radius 3 is 2.57 bits per heavy atom. The number of aromatic hydroxyl groups is 1. The van der Waals surface area contributed by atoms with Gasteiger partial charge >= 0.3 is 5.69 Å². The third-order valence-electron chi connectivity index (χ3n) is 4.10. The first-order valence-electron chi connectivity index (χ1n) is 8.36. The molecule has 2 N–H and O–H groups in total. The predicted octanol–water partition coefficient (Wildman–Crippen LogP) is 2.31. The molecule has 3 aromatic rings. The Hall–Kier alpha value is -3.81. The zero-order valence-electron chi connectivity index (χ0n) is 15.6. The van der Waals surface area contributed by atoms with Crippen LogP contribution in [0.5, 0.6) is 17.4 Å². The van der Waals surface area contributed by atoms with Crippen molar-refractivity contribution in [3.8, 4) is 23.1 Å². The molecule has 0 saturated heterocycles. The Morgan fingerprint density at radius 2 is 1.89 bits per heavy atom. The minimum atomic E-state index is -0.753. The summed E-state index contributed by atoms with van der Waals surface area (Å²) in [5, 5.41) is 10.6. The monoisotopic (exact) mass is 381 g/mol. The quantitative estimate of drug-likeness (QED) is 0.660. The molecule has 0 aliphatic carbocycles. The molecule has 3 rings (SSSR count). The highest BCUT2D eigenvalue weighted by atomic mass is 16.5. The molecule has 0 fully saturated rings. The van der Waals surface area contributed by atoms with Gasteiger partial charge in [0.05, 0.1) is 19.9 Å². The molecule has 2 aromatic carbocycles. The van der Waals surface area contributed by atoms with Crippen molar-refractivity contribution < 1.29 is 14.6 Å². The summed E-state index contributed by atoms with van der Waals surface area (Å²) >= 11 is 0. The van der Waals surface area contributed by atoms with Gasteiger partial charge in [-0.15, -0.1) is 0 Å². The second-order valence-corrected chi connectivity index (χ2v) is 5.97. The fraction of sp³-hybridized carbons (Fsp3) is 0.150. The number of ether oxygens (including phenoxy) is 2. The number of aliphatic imine (C=N–C) groups is 1. The maximum absolute atomic E-state index is 12.2. The van der Waals surface area contributed by atoms with Crippen molar-refractivity contribution in [2.24, 2.45) is 4.99 Å². The van der Waals surface area contributed by atoms with Gasteiger partial charge in [0.15, 0.2) is 0 Å². The average Bonchev–Trinajstić information content (AvgIpc) is 2.67. The summed E-state index contributed by atoms with van der Waals surface area (Å²) in [6.07, 6.45) is 1.18. The van der Waals surface area contributed by atoms with E-state index in [1.165, 1.54) is 20.4 Å². The molecule has 28 heavy (non-hydrogen) atoms. The van der Waals surface area contributed by atoms with E-state index in [4.69, 9.17) is 9.47 Å². The molecular formula is C20H19N3O5. The number of methoxy groups -OCH3 is 2. The van der Waals surface area contributed by atoms with E-state index in [-0.39, 0.29) is 5.56 Å². The van der Waals surface area contributed by atoms with Crippen LogP contribution in [0.15, 0.2) is 57.0 Å². The van der Waals surface area contributed by atoms with Crippen LogP contribution in [0.1, 0.15) is 11.1 Å². The molecule has 0 amide bonds. The first-order valence-corrected chi connectivity index (χ1v) is 8.36. The van der Waals surface area contributed by atoms with Crippen molar-refractivity contribution in [3.05, 3.63) is 74.4 Å². The second-order valence-electron chi connectivity index (χ2n) is 5.97. The molecule has 0 aliphatic rings. The topological polar surface area (TPSA) is 106 Å². The molecule has 144 valence electrons. The molecule has 8 nitrogen and oxygen atoms in total. The smallest absolute Gasteiger partial charge is 0.335 e. The molecule has 0 bridgehead atoms.